The predicted molar refractivity (Wildman–Crippen MR) is 136 cm³/mol. The van der Waals surface area contributed by atoms with E-state index in [1.54, 1.807) is 32.9 Å². The van der Waals surface area contributed by atoms with Crippen molar-refractivity contribution < 1.29 is 48.0 Å². The van der Waals surface area contributed by atoms with E-state index in [0.717, 1.165) is 0 Å². The van der Waals surface area contributed by atoms with Crippen LogP contribution in [0.2, 0.25) is 0 Å². The van der Waals surface area contributed by atoms with Crippen molar-refractivity contribution in [1.82, 2.24) is 0 Å². The Kier molecular flexibility index (Phi) is 7.77. The van der Waals surface area contributed by atoms with Gasteiger partial charge in [-0.25, -0.2) is 4.79 Å². The van der Waals surface area contributed by atoms with E-state index in [1.165, 1.54) is 13.8 Å². The zero-order chi connectivity index (χ0) is 29.0. The molecule has 1 aliphatic heterocycles. The van der Waals surface area contributed by atoms with E-state index in [0.29, 0.717) is 24.0 Å². The monoisotopic (exact) mass is 548 g/mol. The molecule has 10 unspecified atom stereocenters. The average Bonchev–Trinajstić information content (AvgIpc) is 3.21. The molecule has 0 amide bonds. The molecule has 0 aromatic heterocycles. The van der Waals surface area contributed by atoms with Gasteiger partial charge in [-0.05, 0) is 38.2 Å². The second-order valence-corrected chi connectivity index (χ2v) is 11.9. The fourth-order valence-electron chi connectivity index (χ4n) is 7.40. The van der Waals surface area contributed by atoms with Crippen LogP contribution >= 0.6 is 0 Å². The highest BCUT2D eigenvalue weighted by molar-refractivity contribution is 5.87. The number of carbonyl (C=O) groups excluding carboxylic acids is 4. The fourth-order valence-corrected chi connectivity index (χ4v) is 7.40. The minimum absolute atomic E-state index is 0.225. The van der Waals surface area contributed by atoms with Gasteiger partial charge in [0.15, 0.2) is 0 Å². The van der Waals surface area contributed by atoms with Crippen molar-refractivity contribution in [3.8, 4) is 0 Å². The first-order valence-electron chi connectivity index (χ1n) is 13.6. The van der Waals surface area contributed by atoms with Gasteiger partial charge in [0.1, 0.15) is 12.2 Å². The molecule has 2 saturated carbocycles. The smallest absolute Gasteiger partial charge is 0.333 e. The van der Waals surface area contributed by atoms with Crippen LogP contribution in [0.25, 0.3) is 0 Å². The lowest BCUT2D eigenvalue weighted by molar-refractivity contribution is -0.282. The van der Waals surface area contributed by atoms with Gasteiger partial charge in [-0.2, -0.15) is 0 Å². The summed E-state index contributed by atoms with van der Waals surface area (Å²) in [5.74, 6) is -4.10. The number of aliphatic hydroxyl groups is 1. The van der Waals surface area contributed by atoms with E-state index >= 15 is 0 Å². The number of allylic oxidation sites excluding steroid dienone is 1. The lowest BCUT2D eigenvalue weighted by Gasteiger charge is -2.50. The van der Waals surface area contributed by atoms with Crippen LogP contribution < -0.4 is 0 Å². The first-order valence-corrected chi connectivity index (χ1v) is 13.6. The van der Waals surface area contributed by atoms with Crippen LogP contribution in [-0.4, -0.2) is 59.9 Å². The molecular formula is C29H40O10. The van der Waals surface area contributed by atoms with Crippen LogP contribution in [0.4, 0.5) is 0 Å². The summed E-state index contributed by atoms with van der Waals surface area (Å²) in [5.41, 5.74) is -0.562. The van der Waals surface area contributed by atoms with E-state index < -0.39 is 83.4 Å². The Balaban J connectivity index is 1.89. The zero-order valence-electron chi connectivity index (χ0n) is 23.9. The topological polar surface area (TPSA) is 135 Å². The summed E-state index contributed by atoms with van der Waals surface area (Å²) < 4.78 is 29.2. The third-order valence-electron chi connectivity index (χ3n) is 9.40. The molecule has 1 spiro atoms. The SMILES string of the molecule is CC=C(C)C(=O)OC1C=C2C(OC(C)=O)OC(OC(C)=O)C3C(OC(=O)C(C)CC)C(O)C4C(C)(C)C1CC234. The summed E-state index contributed by atoms with van der Waals surface area (Å²) >= 11 is 0. The van der Waals surface area contributed by atoms with Gasteiger partial charge in [0.25, 0.3) is 0 Å². The minimum Gasteiger partial charge on any atom is -0.459 e. The van der Waals surface area contributed by atoms with Crippen LogP contribution in [0.5, 0.6) is 0 Å². The Morgan fingerprint density at radius 2 is 1.74 bits per heavy atom. The maximum absolute atomic E-state index is 13.0. The molecule has 216 valence electrons. The number of esters is 4. The Morgan fingerprint density at radius 1 is 1.10 bits per heavy atom. The van der Waals surface area contributed by atoms with Gasteiger partial charge in [-0.3, -0.25) is 19.1 Å². The number of hydrogen-bond acceptors (Lipinski definition) is 10. The normalized spacial score (nSPS) is 38.7. The summed E-state index contributed by atoms with van der Waals surface area (Å²) in [7, 11) is 0. The van der Waals surface area contributed by atoms with Gasteiger partial charge < -0.3 is 24.1 Å². The molecule has 1 N–H and O–H groups in total. The van der Waals surface area contributed by atoms with Gasteiger partial charge >= 0.3 is 23.9 Å². The van der Waals surface area contributed by atoms with Gasteiger partial charge in [0.05, 0.1) is 17.9 Å². The number of rotatable bonds is 7. The van der Waals surface area contributed by atoms with E-state index in [9.17, 15) is 24.3 Å². The Morgan fingerprint density at radius 3 is 2.31 bits per heavy atom. The van der Waals surface area contributed by atoms with Crippen molar-refractivity contribution in [2.75, 3.05) is 0 Å². The van der Waals surface area contributed by atoms with Crippen molar-refractivity contribution in [3.63, 3.8) is 0 Å². The Labute approximate surface area is 229 Å². The van der Waals surface area contributed by atoms with Crippen LogP contribution in [0, 0.1) is 34.5 Å². The molecule has 4 aliphatic rings. The van der Waals surface area contributed by atoms with E-state index in [2.05, 4.69) is 0 Å². The third-order valence-corrected chi connectivity index (χ3v) is 9.40. The maximum atomic E-state index is 13.0. The van der Waals surface area contributed by atoms with Crippen LogP contribution in [0.15, 0.2) is 23.3 Å². The van der Waals surface area contributed by atoms with Crippen molar-refractivity contribution >= 4 is 23.9 Å². The second-order valence-electron chi connectivity index (χ2n) is 11.9. The molecule has 0 aromatic rings. The largest absolute Gasteiger partial charge is 0.459 e. The van der Waals surface area contributed by atoms with Crippen LogP contribution in [-0.2, 0) is 42.9 Å². The maximum Gasteiger partial charge on any atom is 0.333 e. The van der Waals surface area contributed by atoms with Crippen molar-refractivity contribution in [1.29, 1.82) is 0 Å². The molecule has 39 heavy (non-hydrogen) atoms. The quantitative estimate of drug-likeness (QED) is 0.219. The average molecular weight is 549 g/mol. The number of hydrogen-bond donors (Lipinski definition) is 1. The summed E-state index contributed by atoms with van der Waals surface area (Å²) in [4.78, 5) is 50.1. The highest BCUT2D eigenvalue weighted by Crippen LogP contribution is 2.75. The number of aliphatic hydroxyl groups excluding tert-OH is 1. The van der Waals surface area contributed by atoms with Crippen LogP contribution in [0.1, 0.15) is 68.2 Å². The number of carbonyl (C=O) groups is 4. The molecule has 1 heterocycles. The second kappa shape index (κ2) is 10.4. The molecule has 0 aromatic carbocycles. The predicted octanol–water partition coefficient (Wildman–Crippen LogP) is 3.21. The van der Waals surface area contributed by atoms with Crippen molar-refractivity contribution in [2.45, 2.75) is 99.1 Å². The van der Waals surface area contributed by atoms with Crippen molar-refractivity contribution in [3.05, 3.63) is 23.3 Å². The standard InChI is InChI=1S/C29H40O10/c1-9-13(3)24(33)37-19-11-17-26(35-15(5)30)39-27(36-16(6)31)20-22(38-25(34)14(4)10-2)21(32)23-28(7,8)18(19)12-29(17,20)23/h9,11,14,18-23,26-27,32H,10,12H2,1-8H3. The highest BCUT2D eigenvalue weighted by Gasteiger charge is 2.79. The summed E-state index contributed by atoms with van der Waals surface area (Å²) in [5, 5.41) is 11.9. The van der Waals surface area contributed by atoms with Crippen LogP contribution in [0.3, 0.4) is 0 Å². The lowest BCUT2D eigenvalue weighted by atomic mass is 9.62. The molecule has 0 radical (unpaired) electrons. The molecule has 3 aliphatic carbocycles. The fraction of sp³-hybridized carbons (Fsp3) is 0.724. The third kappa shape index (κ3) is 4.59. The van der Waals surface area contributed by atoms with Gasteiger partial charge in [0.2, 0.25) is 12.6 Å². The molecule has 1 saturated heterocycles. The molecule has 10 nitrogen and oxygen atoms in total. The highest BCUT2D eigenvalue weighted by atomic mass is 16.8. The van der Waals surface area contributed by atoms with E-state index in [1.807, 2.05) is 20.8 Å². The van der Waals surface area contributed by atoms with Crippen molar-refractivity contribution in [2.24, 2.45) is 34.5 Å². The first-order chi connectivity index (χ1) is 18.2. The Hall–Kier alpha value is -2.72. The van der Waals surface area contributed by atoms with E-state index in [4.69, 9.17) is 23.7 Å². The lowest BCUT2D eigenvalue weighted by Crippen LogP contribution is -2.56. The zero-order valence-corrected chi connectivity index (χ0v) is 23.9. The molecule has 3 fully saturated rings. The summed E-state index contributed by atoms with van der Waals surface area (Å²) in [6, 6.07) is 0. The van der Waals surface area contributed by atoms with Gasteiger partial charge in [-0.1, -0.05) is 33.8 Å². The summed E-state index contributed by atoms with van der Waals surface area (Å²) in [6.45, 7) is 13.5. The molecule has 2 bridgehead atoms. The number of fused-ring (bicyclic) bond motifs is 1. The molecular weight excluding hydrogens is 508 g/mol. The van der Waals surface area contributed by atoms with E-state index in [-0.39, 0.29) is 5.92 Å². The summed E-state index contributed by atoms with van der Waals surface area (Å²) in [6.07, 6.45) is -0.972. The van der Waals surface area contributed by atoms with Gasteiger partial charge in [-0.15, -0.1) is 0 Å². The minimum atomic E-state index is -1.25. The van der Waals surface area contributed by atoms with Gasteiger partial charge in [0, 0.05) is 42.2 Å². The molecule has 10 heteroatoms. The molecule has 4 rings (SSSR count). The number of ether oxygens (including phenoxy) is 5. The first kappa shape index (κ1) is 29.3. The molecule has 10 atom stereocenters. The Bertz CT molecular complexity index is 1110.